The summed E-state index contributed by atoms with van der Waals surface area (Å²) in [4.78, 5) is 25.9. The van der Waals surface area contributed by atoms with Gasteiger partial charge in [0, 0.05) is 54.8 Å². The fraction of sp³-hybridized carbons (Fsp3) is 0.211. The average molecular weight is 366 g/mol. The predicted molar refractivity (Wildman–Crippen MR) is 97.3 cm³/mol. The van der Waals surface area contributed by atoms with Crippen LogP contribution in [-0.4, -0.2) is 41.7 Å². The van der Waals surface area contributed by atoms with Crippen LogP contribution in [0.1, 0.15) is 16.8 Å². The van der Waals surface area contributed by atoms with Gasteiger partial charge in [-0.15, -0.1) is 0 Å². The van der Waals surface area contributed by atoms with Crippen LogP contribution in [0.15, 0.2) is 41.5 Å². The van der Waals surface area contributed by atoms with E-state index in [2.05, 4.69) is 15.0 Å². The van der Waals surface area contributed by atoms with Gasteiger partial charge in [-0.1, -0.05) is 0 Å². The Bertz CT molecular complexity index is 1050. The summed E-state index contributed by atoms with van der Waals surface area (Å²) in [6, 6.07) is 6.02. The van der Waals surface area contributed by atoms with Gasteiger partial charge in [0.25, 0.3) is 5.56 Å². The van der Waals surface area contributed by atoms with Crippen LogP contribution in [0.5, 0.6) is 17.2 Å². The molecule has 1 aliphatic heterocycles. The van der Waals surface area contributed by atoms with E-state index in [1.807, 2.05) is 4.90 Å². The van der Waals surface area contributed by atoms with Gasteiger partial charge in [-0.05, 0) is 24.6 Å². The molecule has 3 heterocycles. The first-order valence-corrected chi connectivity index (χ1v) is 8.50. The molecule has 1 aromatic carbocycles. The van der Waals surface area contributed by atoms with Crippen molar-refractivity contribution < 1.29 is 15.3 Å². The molecule has 0 amide bonds. The zero-order chi connectivity index (χ0) is 19.0. The Morgan fingerprint density at radius 3 is 2.59 bits per heavy atom. The number of pyridine rings is 1. The summed E-state index contributed by atoms with van der Waals surface area (Å²) in [7, 11) is 0. The maximum absolute atomic E-state index is 12.4. The second-order valence-electron chi connectivity index (χ2n) is 6.51. The summed E-state index contributed by atoms with van der Waals surface area (Å²) in [5.41, 5.74) is 2.49. The van der Waals surface area contributed by atoms with Crippen LogP contribution in [-0.2, 0) is 19.5 Å². The first-order chi connectivity index (χ1) is 13.0. The Morgan fingerprint density at radius 1 is 1.07 bits per heavy atom. The van der Waals surface area contributed by atoms with Gasteiger partial charge in [-0.3, -0.25) is 14.7 Å². The third-order valence-corrected chi connectivity index (χ3v) is 4.68. The molecule has 8 nitrogen and oxygen atoms in total. The number of hydrogen-bond acceptors (Lipinski definition) is 7. The van der Waals surface area contributed by atoms with Crippen molar-refractivity contribution in [3.05, 3.63) is 63.8 Å². The van der Waals surface area contributed by atoms with Crippen molar-refractivity contribution >= 4 is 0 Å². The van der Waals surface area contributed by atoms with E-state index in [0.717, 1.165) is 11.6 Å². The van der Waals surface area contributed by atoms with E-state index >= 15 is 0 Å². The van der Waals surface area contributed by atoms with Crippen LogP contribution in [0.2, 0.25) is 0 Å². The molecule has 1 aliphatic rings. The number of phenols is 3. The van der Waals surface area contributed by atoms with Crippen LogP contribution in [0.4, 0.5) is 0 Å². The van der Waals surface area contributed by atoms with Gasteiger partial charge in [0.15, 0.2) is 11.5 Å². The monoisotopic (exact) mass is 366 g/mol. The third-order valence-electron chi connectivity index (χ3n) is 4.68. The predicted octanol–water partition coefficient (Wildman–Crippen LogP) is 1.51. The Balaban J connectivity index is 1.62. The molecule has 8 heteroatoms. The minimum atomic E-state index is -0.365. The molecule has 0 unspecified atom stereocenters. The largest absolute Gasteiger partial charge is 0.507 e. The number of nitrogens with one attached hydrogen (secondary N) is 1. The van der Waals surface area contributed by atoms with Crippen LogP contribution in [0.3, 0.4) is 0 Å². The van der Waals surface area contributed by atoms with Gasteiger partial charge in [0.05, 0.1) is 5.69 Å². The molecule has 0 saturated carbocycles. The number of rotatable bonds is 3. The third kappa shape index (κ3) is 3.34. The number of aromatic hydroxyl groups is 3. The zero-order valence-electron chi connectivity index (χ0n) is 14.4. The quantitative estimate of drug-likeness (QED) is 0.409. The number of nitrogens with zero attached hydrogens (tertiary/aromatic N) is 3. The van der Waals surface area contributed by atoms with E-state index in [1.54, 1.807) is 24.5 Å². The molecule has 0 atom stereocenters. The molecule has 0 spiro atoms. The maximum atomic E-state index is 12.4. The van der Waals surface area contributed by atoms with E-state index in [1.165, 1.54) is 6.07 Å². The summed E-state index contributed by atoms with van der Waals surface area (Å²) >= 11 is 0. The molecule has 4 N–H and O–H groups in total. The highest BCUT2D eigenvalue weighted by Gasteiger charge is 2.22. The van der Waals surface area contributed by atoms with Gasteiger partial charge >= 0.3 is 0 Å². The maximum Gasteiger partial charge on any atom is 0.254 e. The molecular formula is C19H18N4O4. The van der Waals surface area contributed by atoms with Crippen LogP contribution in [0, 0.1) is 0 Å². The number of fused-ring (bicyclic) bond motifs is 1. The Labute approximate surface area is 154 Å². The molecule has 4 rings (SSSR count). The first-order valence-electron chi connectivity index (χ1n) is 8.50. The molecule has 0 radical (unpaired) electrons. The summed E-state index contributed by atoms with van der Waals surface area (Å²) in [5.74, 6) is -0.245. The van der Waals surface area contributed by atoms with E-state index in [-0.39, 0.29) is 22.8 Å². The second-order valence-corrected chi connectivity index (χ2v) is 6.51. The molecule has 3 aromatic rings. The smallest absolute Gasteiger partial charge is 0.254 e. The lowest BCUT2D eigenvalue weighted by Gasteiger charge is -2.28. The molecule has 0 aliphatic carbocycles. The highest BCUT2D eigenvalue weighted by molar-refractivity contribution is 5.54. The van der Waals surface area contributed by atoms with Crippen LogP contribution < -0.4 is 5.56 Å². The summed E-state index contributed by atoms with van der Waals surface area (Å²) in [6.07, 6.45) is 3.82. The van der Waals surface area contributed by atoms with Crippen LogP contribution in [0.25, 0.3) is 11.4 Å². The van der Waals surface area contributed by atoms with E-state index in [0.29, 0.717) is 48.7 Å². The zero-order valence-corrected chi connectivity index (χ0v) is 14.4. The number of benzene rings is 1. The van der Waals surface area contributed by atoms with Gasteiger partial charge < -0.3 is 20.3 Å². The van der Waals surface area contributed by atoms with Crippen molar-refractivity contribution in [1.29, 1.82) is 0 Å². The van der Waals surface area contributed by atoms with Crippen molar-refractivity contribution in [2.45, 2.75) is 19.5 Å². The number of hydrogen-bond donors (Lipinski definition) is 4. The fourth-order valence-corrected chi connectivity index (χ4v) is 3.25. The molecule has 2 aromatic heterocycles. The minimum Gasteiger partial charge on any atom is -0.507 e. The van der Waals surface area contributed by atoms with E-state index in [9.17, 15) is 20.1 Å². The molecule has 138 valence electrons. The topological polar surface area (TPSA) is 123 Å². The van der Waals surface area contributed by atoms with E-state index < -0.39 is 0 Å². The highest BCUT2D eigenvalue weighted by Crippen LogP contribution is 2.33. The van der Waals surface area contributed by atoms with Gasteiger partial charge in [0.1, 0.15) is 11.6 Å². The minimum absolute atomic E-state index is 0.0903. The van der Waals surface area contributed by atoms with Crippen molar-refractivity contribution in [3.63, 3.8) is 0 Å². The van der Waals surface area contributed by atoms with Crippen molar-refractivity contribution in [2.75, 3.05) is 6.54 Å². The van der Waals surface area contributed by atoms with Crippen LogP contribution >= 0.6 is 0 Å². The fourth-order valence-electron chi connectivity index (χ4n) is 3.25. The number of phenolic OH excluding ortho intramolecular Hbond substituents is 3. The number of aromatic amines is 1. The lowest BCUT2D eigenvalue weighted by atomic mass is 10.0. The molecule has 0 bridgehead atoms. The van der Waals surface area contributed by atoms with Crippen molar-refractivity contribution in [2.24, 2.45) is 0 Å². The first kappa shape index (κ1) is 17.0. The molecule has 27 heavy (non-hydrogen) atoms. The summed E-state index contributed by atoms with van der Waals surface area (Å²) < 4.78 is 0. The lowest BCUT2D eigenvalue weighted by molar-refractivity contribution is 0.237. The van der Waals surface area contributed by atoms with Gasteiger partial charge in [-0.25, -0.2) is 4.98 Å². The second kappa shape index (κ2) is 6.73. The Kier molecular flexibility index (Phi) is 4.25. The highest BCUT2D eigenvalue weighted by atomic mass is 16.3. The molecular weight excluding hydrogens is 348 g/mol. The molecule has 0 saturated heterocycles. The van der Waals surface area contributed by atoms with Gasteiger partial charge in [-0.2, -0.15) is 0 Å². The van der Waals surface area contributed by atoms with Crippen molar-refractivity contribution in [1.82, 2.24) is 19.9 Å². The number of H-pyrrole nitrogens is 1. The summed E-state index contributed by atoms with van der Waals surface area (Å²) in [6.45, 7) is 1.42. The Morgan fingerprint density at radius 2 is 1.81 bits per heavy atom. The standard InChI is InChI=1S/C19H18N4O4/c24-15-8-17(26)16(25)7-12(15)9-23-6-3-13-14(10-23)21-18(22-19(13)27)11-1-4-20-5-2-11/h1-2,4-5,7-8,24-26H,3,6,9-10H2,(H,21,22,27). The van der Waals surface area contributed by atoms with E-state index in [4.69, 9.17) is 0 Å². The van der Waals surface area contributed by atoms with Gasteiger partial charge in [0.2, 0.25) is 0 Å². The number of aromatic nitrogens is 3. The van der Waals surface area contributed by atoms with Crippen molar-refractivity contribution in [3.8, 4) is 28.6 Å². The average Bonchev–Trinajstić information content (AvgIpc) is 2.66. The molecule has 0 fully saturated rings. The Hall–Kier alpha value is -3.39. The normalized spacial score (nSPS) is 14.1. The summed E-state index contributed by atoms with van der Waals surface area (Å²) in [5, 5.41) is 29.1. The SMILES string of the molecule is O=c1[nH]c(-c2ccncc2)nc2c1CCN(Cc1cc(O)c(O)cc1O)C2. The lowest BCUT2D eigenvalue weighted by Crippen LogP contribution is -2.35.